The van der Waals surface area contributed by atoms with Crippen LogP contribution in [-0.4, -0.2) is 18.5 Å². The van der Waals surface area contributed by atoms with E-state index in [-0.39, 0.29) is 5.82 Å². The van der Waals surface area contributed by atoms with Crippen LogP contribution in [0.5, 0.6) is 0 Å². The van der Waals surface area contributed by atoms with E-state index in [9.17, 15) is 10.1 Å². The lowest BCUT2D eigenvalue weighted by Gasteiger charge is -2.03. The Bertz CT molecular complexity index is 363. The maximum atomic E-state index is 10.6. The topological polar surface area (TPSA) is 67.2 Å². The van der Waals surface area contributed by atoms with Crippen LogP contribution >= 0.6 is 0 Å². The van der Waals surface area contributed by atoms with Gasteiger partial charge in [-0.05, 0) is 10.5 Å². The molecule has 0 fully saturated rings. The molecule has 0 spiro atoms. The Kier molecular flexibility index (Phi) is 4.85. The monoisotopic (exact) mass is 221 g/mol. The van der Waals surface area contributed by atoms with Gasteiger partial charge in [-0.3, -0.25) is 5.32 Å². The molecule has 0 bridgehead atoms. The molecule has 0 radical (unpaired) electrons. The van der Waals surface area contributed by atoms with Gasteiger partial charge in [0.15, 0.2) is 0 Å². The Labute approximate surface area is 94.3 Å². The summed E-state index contributed by atoms with van der Waals surface area (Å²) in [4.78, 5) is 10.1. The second-order valence-electron chi connectivity index (χ2n) is 3.24. The molecule has 0 aliphatic heterocycles. The van der Waals surface area contributed by atoms with Crippen molar-refractivity contribution in [3.8, 4) is 0 Å². The second-order valence-corrected chi connectivity index (χ2v) is 3.24. The fraction of sp³-hybridized carbons (Fsp3) is 0.273. The van der Waals surface area contributed by atoms with E-state index in [4.69, 9.17) is 0 Å². The zero-order valence-electron chi connectivity index (χ0n) is 9.14. The van der Waals surface area contributed by atoms with Gasteiger partial charge in [-0.1, -0.05) is 30.3 Å². The largest absolute Gasteiger partial charge is 0.387 e. The van der Waals surface area contributed by atoms with Crippen LogP contribution in [0, 0.1) is 10.1 Å². The van der Waals surface area contributed by atoms with E-state index in [2.05, 4.69) is 10.6 Å². The van der Waals surface area contributed by atoms with Crippen LogP contribution in [0.25, 0.3) is 0 Å². The fourth-order valence-electron chi connectivity index (χ4n) is 1.28. The van der Waals surface area contributed by atoms with E-state index in [0.29, 0.717) is 6.54 Å². The van der Waals surface area contributed by atoms with E-state index < -0.39 is 4.92 Å². The van der Waals surface area contributed by atoms with Gasteiger partial charge < -0.3 is 15.4 Å². The standard InChI is InChI=1S/C11H15N3O2/c1-12-9-11(14(15)16)13-8-7-10-5-3-2-4-6-10/h2-6,9,12-13H,7-8H2,1H3/b11-9-. The Morgan fingerprint density at radius 3 is 2.69 bits per heavy atom. The molecule has 2 N–H and O–H groups in total. The predicted octanol–water partition coefficient (Wildman–Crippen LogP) is 1.11. The van der Waals surface area contributed by atoms with Crippen LogP contribution in [-0.2, 0) is 6.42 Å². The van der Waals surface area contributed by atoms with Crippen LogP contribution < -0.4 is 10.6 Å². The summed E-state index contributed by atoms with van der Waals surface area (Å²) in [5, 5.41) is 16.0. The average molecular weight is 221 g/mol. The minimum absolute atomic E-state index is 0.0153. The van der Waals surface area contributed by atoms with Crippen molar-refractivity contribution in [2.75, 3.05) is 13.6 Å². The molecule has 1 aromatic carbocycles. The molecular formula is C11H15N3O2. The molecule has 0 aliphatic rings. The number of nitro groups is 1. The summed E-state index contributed by atoms with van der Waals surface area (Å²) < 4.78 is 0. The Balaban J connectivity index is 2.40. The van der Waals surface area contributed by atoms with E-state index >= 15 is 0 Å². The lowest BCUT2D eigenvalue weighted by atomic mass is 10.1. The molecule has 1 rings (SSSR count). The highest BCUT2D eigenvalue weighted by Crippen LogP contribution is 1.99. The molecule has 0 aromatic heterocycles. The zero-order chi connectivity index (χ0) is 11.8. The average Bonchev–Trinajstić information content (AvgIpc) is 2.29. The molecule has 0 amide bonds. The molecule has 1 aromatic rings. The quantitative estimate of drug-likeness (QED) is 0.558. The van der Waals surface area contributed by atoms with Gasteiger partial charge in [0.1, 0.15) is 0 Å². The van der Waals surface area contributed by atoms with E-state index in [1.165, 1.54) is 6.20 Å². The van der Waals surface area contributed by atoms with Gasteiger partial charge in [0.25, 0.3) is 0 Å². The highest BCUT2D eigenvalue weighted by molar-refractivity contribution is 5.14. The van der Waals surface area contributed by atoms with Gasteiger partial charge >= 0.3 is 5.82 Å². The van der Waals surface area contributed by atoms with E-state index in [1.807, 2.05) is 30.3 Å². The van der Waals surface area contributed by atoms with E-state index in [1.54, 1.807) is 7.05 Å². The first kappa shape index (κ1) is 12.0. The summed E-state index contributed by atoms with van der Waals surface area (Å²) in [6.45, 7) is 0.540. The van der Waals surface area contributed by atoms with Gasteiger partial charge in [0, 0.05) is 13.5 Å². The third kappa shape index (κ3) is 4.00. The van der Waals surface area contributed by atoms with Gasteiger partial charge in [-0.15, -0.1) is 0 Å². The summed E-state index contributed by atoms with van der Waals surface area (Å²) >= 11 is 0. The normalized spacial score (nSPS) is 10.9. The van der Waals surface area contributed by atoms with Gasteiger partial charge in [0.2, 0.25) is 0 Å². The van der Waals surface area contributed by atoms with Gasteiger partial charge in [0.05, 0.1) is 12.7 Å². The van der Waals surface area contributed by atoms with Gasteiger partial charge in [-0.25, -0.2) is 0 Å². The van der Waals surface area contributed by atoms with Gasteiger partial charge in [-0.2, -0.15) is 0 Å². The number of rotatable bonds is 6. The smallest absolute Gasteiger partial charge is 0.331 e. The molecule has 86 valence electrons. The number of hydrogen-bond donors (Lipinski definition) is 2. The van der Waals surface area contributed by atoms with Crippen LogP contribution in [0.2, 0.25) is 0 Å². The minimum atomic E-state index is -0.443. The van der Waals surface area contributed by atoms with Crippen molar-refractivity contribution in [1.29, 1.82) is 0 Å². The summed E-state index contributed by atoms with van der Waals surface area (Å²) in [5.41, 5.74) is 1.15. The maximum Gasteiger partial charge on any atom is 0.331 e. The number of nitrogens with zero attached hydrogens (tertiary/aromatic N) is 1. The Morgan fingerprint density at radius 1 is 1.44 bits per heavy atom. The molecule has 0 heterocycles. The first-order chi connectivity index (χ1) is 7.74. The Hall–Kier alpha value is -2.04. The third-order valence-corrected chi connectivity index (χ3v) is 2.04. The molecule has 0 atom stereocenters. The Morgan fingerprint density at radius 2 is 2.12 bits per heavy atom. The van der Waals surface area contributed by atoms with Crippen molar-refractivity contribution < 1.29 is 4.92 Å². The lowest BCUT2D eigenvalue weighted by Crippen LogP contribution is -2.23. The molecule has 0 aliphatic carbocycles. The first-order valence-corrected chi connectivity index (χ1v) is 5.03. The lowest BCUT2D eigenvalue weighted by molar-refractivity contribution is -0.432. The number of nitrogens with one attached hydrogen (secondary N) is 2. The predicted molar refractivity (Wildman–Crippen MR) is 62.3 cm³/mol. The summed E-state index contributed by atoms with van der Waals surface area (Å²) in [5.74, 6) is -0.0153. The zero-order valence-corrected chi connectivity index (χ0v) is 9.14. The highest BCUT2D eigenvalue weighted by Gasteiger charge is 2.06. The molecule has 0 saturated carbocycles. The van der Waals surface area contributed by atoms with Crippen molar-refractivity contribution in [3.63, 3.8) is 0 Å². The summed E-state index contributed by atoms with van der Waals surface area (Å²) in [6.07, 6.45) is 2.10. The van der Waals surface area contributed by atoms with Crippen molar-refractivity contribution >= 4 is 0 Å². The third-order valence-electron chi connectivity index (χ3n) is 2.04. The van der Waals surface area contributed by atoms with Crippen molar-refractivity contribution in [2.24, 2.45) is 0 Å². The second kappa shape index (κ2) is 6.44. The molecule has 0 unspecified atom stereocenters. The number of hydrogen-bond acceptors (Lipinski definition) is 4. The number of benzene rings is 1. The molecule has 0 saturated heterocycles. The summed E-state index contributed by atoms with van der Waals surface area (Å²) in [7, 11) is 1.63. The van der Waals surface area contributed by atoms with Crippen LogP contribution in [0.1, 0.15) is 5.56 Å². The van der Waals surface area contributed by atoms with Crippen LogP contribution in [0.4, 0.5) is 0 Å². The highest BCUT2D eigenvalue weighted by atomic mass is 16.6. The van der Waals surface area contributed by atoms with E-state index in [0.717, 1.165) is 12.0 Å². The molecular weight excluding hydrogens is 206 g/mol. The molecule has 5 nitrogen and oxygen atoms in total. The molecule has 5 heteroatoms. The SMILES string of the molecule is CN/C=C(/NCCc1ccccc1)[N+](=O)[O-]. The fourth-order valence-corrected chi connectivity index (χ4v) is 1.28. The van der Waals surface area contributed by atoms with Crippen LogP contribution in [0.3, 0.4) is 0 Å². The summed E-state index contributed by atoms with van der Waals surface area (Å²) in [6, 6.07) is 9.84. The van der Waals surface area contributed by atoms with Crippen molar-refractivity contribution in [2.45, 2.75) is 6.42 Å². The van der Waals surface area contributed by atoms with Crippen molar-refractivity contribution in [1.82, 2.24) is 10.6 Å². The minimum Gasteiger partial charge on any atom is -0.387 e. The maximum absolute atomic E-state index is 10.6. The molecule has 16 heavy (non-hydrogen) atoms. The van der Waals surface area contributed by atoms with Crippen LogP contribution in [0.15, 0.2) is 42.4 Å². The first-order valence-electron chi connectivity index (χ1n) is 5.03. The van der Waals surface area contributed by atoms with Crippen molar-refractivity contribution in [3.05, 3.63) is 58.0 Å².